The molecule has 0 unspecified atom stereocenters. The lowest BCUT2D eigenvalue weighted by Crippen LogP contribution is -2.05. The molecule has 1 heterocycles. The van der Waals surface area contributed by atoms with E-state index in [1.807, 2.05) is 37.3 Å². The first-order valence-corrected chi connectivity index (χ1v) is 12.6. The zero-order valence-corrected chi connectivity index (χ0v) is 20.9. The number of methoxy groups -OCH3 is 1. The molecule has 2 aromatic carbocycles. The van der Waals surface area contributed by atoms with Crippen molar-refractivity contribution in [2.24, 2.45) is 0 Å². The standard InChI is InChI=1S/C29H39NO4/c1-4-5-6-7-8-9-10-11-17-34-25-14-12-13-23(18-25)21-30-22(2)26(20-29(31)32)27-19-24(33-3)15-16-28(27)30/h12-16,18-19H,4-11,17,20-21H2,1-3H3,(H,31,32). The zero-order valence-electron chi connectivity index (χ0n) is 20.9. The molecule has 0 spiro atoms. The number of benzene rings is 2. The lowest BCUT2D eigenvalue weighted by molar-refractivity contribution is -0.136. The van der Waals surface area contributed by atoms with Gasteiger partial charge in [-0.2, -0.15) is 0 Å². The highest BCUT2D eigenvalue weighted by molar-refractivity contribution is 5.90. The Balaban J connectivity index is 1.64. The van der Waals surface area contributed by atoms with Crippen LogP contribution in [0.1, 0.15) is 75.1 Å². The molecular formula is C29H39NO4. The van der Waals surface area contributed by atoms with Crippen molar-refractivity contribution < 1.29 is 19.4 Å². The second-order valence-electron chi connectivity index (χ2n) is 9.07. The van der Waals surface area contributed by atoms with Crippen molar-refractivity contribution in [2.75, 3.05) is 13.7 Å². The molecule has 0 aliphatic carbocycles. The molecule has 0 aliphatic rings. The summed E-state index contributed by atoms with van der Waals surface area (Å²) in [5, 5.41) is 10.4. The molecule has 0 amide bonds. The Morgan fingerprint density at radius 2 is 1.68 bits per heavy atom. The van der Waals surface area contributed by atoms with E-state index in [9.17, 15) is 9.90 Å². The highest BCUT2D eigenvalue weighted by atomic mass is 16.5. The molecule has 34 heavy (non-hydrogen) atoms. The maximum absolute atomic E-state index is 11.5. The Morgan fingerprint density at radius 1 is 0.941 bits per heavy atom. The summed E-state index contributed by atoms with van der Waals surface area (Å²) in [6.45, 7) is 5.64. The van der Waals surface area contributed by atoms with E-state index in [1.54, 1.807) is 7.11 Å². The molecule has 0 radical (unpaired) electrons. The number of nitrogens with zero attached hydrogens (tertiary/aromatic N) is 1. The van der Waals surface area contributed by atoms with Crippen LogP contribution in [-0.4, -0.2) is 29.4 Å². The summed E-state index contributed by atoms with van der Waals surface area (Å²) in [6.07, 6.45) is 10.3. The first-order valence-electron chi connectivity index (χ1n) is 12.6. The van der Waals surface area contributed by atoms with Crippen molar-refractivity contribution >= 4 is 16.9 Å². The lowest BCUT2D eigenvalue weighted by atomic mass is 10.1. The van der Waals surface area contributed by atoms with Gasteiger partial charge in [-0.1, -0.05) is 64.0 Å². The third-order valence-electron chi connectivity index (χ3n) is 6.50. The smallest absolute Gasteiger partial charge is 0.307 e. The van der Waals surface area contributed by atoms with E-state index in [0.717, 1.165) is 52.3 Å². The number of carboxylic acids is 1. The van der Waals surface area contributed by atoms with E-state index in [-0.39, 0.29) is 6.42 Å². The molecule has 0 saturated carbocycles. The monoisotopic (exact) mass is 465 g/mol. The maximum Gasteiger partial charge on any atom is 0.307 e. The zero-order chi connectivity index (χ0) is 24.3. The van der Waals surface area contributed by atoms with Gasteiger partial charge in [-0.15, -0.1) is 0 Å². The number of ether oxygens (including phenoxy) is 2. The molecule has 0 bridgehead atoms. The first-order chi connectivity index (χ1) is 16.5. The average Bonchev–Trinajstić information content (AvgIpc) is 3.08. The average molecular weight is 466 g/mol. The highest BCUT2D eigenvalue weighted by Gasteiger charge is 2.17. The van der Waals surface area contributed by atoms with E-state index in [4.69, 9.17) is 9.47 Å². The Bertz CT molecular complexity index is 1070. The second kappa shape index (κ2) is 13.1. The molecule has 1 aromatic heterocycles. The summed E-state index contributed by atoms with van der Waals surface area (Å²) >= 11 is 0. The van der Waals surface area contributed by atoms with Crippen LogP contribution in [0.3, 0.4) is 0 Å². The van der Waals surface area contributed by atoms with Crippen molar-refractivity contribution in [1.82, 2.24) is 4.57 Å². The lowest BCUT2D eigenvalue weighted by Gasteiger charge is -2.12. The number of rotatable bonds is 15. The number of carboxylic acid groups (broad SMARTS) is 1. The van der Waals surface area contributed by atoms with Gasteiger partial charge in [-0.25, -0.2) is 0 Å². The fraction of sp³-hybridized carbons (Fsp3) is 0.483. The summed E-state index contributed by atoms with van der Waals surface area (Å²) in [5.41, 5.74) is 3.95. The molecule has 5 heteroatoms. The van der Waals surface area contributed by atoms with Crippen molar-refractivity contribution in [3.63, 3.8) is 0 Å². The molecule has 0 fully saturated rings. The summed E-state index contributed by atoms with van der Waals surface area (Å²) in [4.78, 5) is 11.5. The quantitative estimate of drug-likeness (QED) is 0.242. The van der Waals surface area contributed by atoms with Crippen molar-refractivity contribution in [2.45, 2.75) is 78.2 Å². The van der Waals surface area contributed by atoms with Gasteiger partial charge in [0.05, 0.1) is 20.1 Å². The van der Waals surface area contributed by atoms with Crippen LogP contribution < -0.4 is 9.47 Å². The first kappa shape index (κ1) is 25.7. The van der Waals surface area contributed by atoms with Crippen LogP contribution >= 0.6 is 0 Å². The van der Waals surface area contributed by atoms with Crippen LogP contribution in [0.2, 0.25) is 0 Å². The Labute approximate surface area is 203 Å². The molecular weight excluding hydrogens is 426 g/mol. The van der Waals surface area contributed by atoms with Crippen LogP contribution in [0.4, 0.5) is 0 Å². The molecule has 3 rings (SSSR count). The third kappa shape index (κ3) is 7.02. The Hall–Kier alpha value is -2.95. The summed E-state index contributed by atoms with van der Waals surface area (Å²) in [6, 6.07) is 14.1. The van der Waals surface area contributed by atoms with Gasteiger partial charge >= 0.3 is 5.97 Å². The van der Waals surface area contributed by atoms with Crippen LogP contribution in [0.25, 0.3) is 10.9 Å². The SMILES string of the molecule is CCCCCCCCCCOc1cccc(Cn2c(C)c(CC(=O)O)c3cc(OC)ccc32)c1. The molecule has 3 aromatic rings. The van der Waals surface area contributed by atoms with Gasteiger partial charge in [0.15, 0.2) is 0 Å². The van der Waals surface area contributed by atoms with Crippen molar-refractivity contribution in [1.29, 1.82) is 0 Å². The minimum absolute atomic E-state index is 0.00967. The van der Waals surface area contributed by atoms with Gasteiger partial charge in [-0.05, 0) is 54.8 Å². The fourth-order valence-electron chi connectivity index (χ4n) is 4.58. The summed E-state index contributed by atoms with van der Waals surface area (Å²) < 4.78 is 13.6. The topological polar surface area (TPSA) is 60.7 Å². The number of hydrogen-bond acceptors (Lipinski definition) is 3. The normalized spacial score (nSPS) is 11.1. The minimum Gasteiger partial charge on any atom is -0.497 e. The molecule has 1 N–H and O–H groups in total. The Kier molecular flexibility index (Phi) is 9.87. The molecule has 5 nitrogen and oxygen atoms in total. The van der Waals surface area contributed by atoms with Gasteiger partial charge in [0.1, 0.15) is 11.5 Å². The van der Waals surface area contributed by atoms with Gasteiger partial charge in [-0.3, -0.25) is 4.79 Å². The van der Waals surface area contributed by atoms with Crippen LogP contribution in [-0.2, 0) is 17.8 Å². The van der Waals surface area contributed by atoms with E-state index in [1.165, 1.54) is 44.9 Å². The van der Waals surface area contributed by atoms with Gasteiger partial charge in [0.25, 0.3) is 0 Å². The minimum atomic E-state index is -0.832. The van der Waals surface area contributed by atoms with Crippen molar-refractivity contribution in [3.05, 3.63) is 59.3 Å². The number of unbranched alkanes of at least 4 members (excludes halogenated alkanes) is 7. The van der Waals surface area contributed by atoms with Crippen LogP contribution in [0.15, 0.2) is 42.5 Å². The summed E-state index contributed by atoms with van der Waals surface area (Å²) in [5.74, 6) is 0.788. The molecule has 0 aliphatic heterocycles. The highest BCUT2D eigenvalue weighted by Crippen LogP contribution is 2.31. The van der Waals surface area contributed by atoms with Gasteiger partial charge < -0.3 is 19.1 Å². The number of hydrogen-bond donors (Lipinski definition) is 1. The van der Waals surface area contributed by atoms with E-state index in [0.29, 0.717) is 6.54 Å². The van der Waals surface area contributed by atoms with Crippen molar-refractivity contribution in [3.8, 4) is 11.5 Å². The van der Waals surface area contributed by atoms with Crippen LogP contribution in [0, 0.1) is 6.92 Å². The van der Waals surface area contributed by atoms with E-state index < -0.39 is 5.97 Å². The maximum atomic E-state index is 11.5. The summed E-state index contributed by atoms with van der Waals surface area (Å²) in [7, 11) is 1.63. The molecule has 0 atom stereocenters. The van der Waals surface area contributed by atoms with E-state index >= 15 is 0 Å². The third-order valence-corrected chi connectivity index (χ3v) is 6.50. The van der Waals surface area contributed by atoms with Crippen LogP contribution in [0.5, 0.6) is 11.5 Å². The predicted octanol–water partition coefficient (Wildman–Crippen LogP) is 7.15. The largest absolute Gasteiger partial charge is 0.497 e. The van der Waals surface area contributed by atoms with E-state index in [2.05, 4.69) is 23.6 Å². The molecule has 184 valence electrons. The van der Waals surface area contributed by atoms with Gasteiger partial charge in [0.2, 0.25) is 0 Å². The number of fused-ring (bicyclic) bond motifs is 1. The van der Waals surface area contributed by atoms with Gasteiger partial charge in [0, 0.05) is 23.1 Å². The molecule has 0 saturated heterocycles. The number of aromatic nitrogens is 1. The Morgan fingerprint density at radius 3 is 2.38 bits per heavy atom. The number of aliphatic carboxylic acids is 1. The number of carbonyl (C=O) groups is 1. The predicted molar refractivity (Wildman–Crippen MR) is 138 cm³/mol. The fourth-order valence-corrected chi connectivity index (χ4v) is 4.58. The second-order valence-corrected chi connectivity index (χ2v) is 9.07.